The summed E-state index contributed by atoms with van der Waals surface area (Å²) in [4.78, 5) is 83.0. The number of aromatic amines is 2. The number of rotatable bonds is 14. The average Bonchev–Trinajstić information content (AvgIpc) is 1.04. The second kappa shape index (κ2) is 37.4. The topological polar surface area (TPSA) is 316 Å². The normalized spacial score (nSPS) is 15.4. The number of aromatic hydroxyl groups is 1. The second-order valence-corrected chi connectivity index (χ2v) is 34.9. The van der Waals surface area contributed by atoms with Gasteiger partial charge in [-0.25, -0.2) is 57.3 Å². The number of fused-ring (bicyclic) bond motifs is 6. The lowest BCUT2D eigenvalue weighted by atomic mass is 9.95. The number of aliphatic hydroxyl groups excluding tert-OH is 1. The molecule has 0 aliphatic carbocycles. The summed E-state index contributed by atoms with van der Waals surface area (Å²) in [5.74, 6) is 3.55. The number of nitriles is 1. The number of ketones is 1. The molecule has 6 aromatic heterocycles. The van der Waals surface area contributed by atoms with Crippen LogP contribution in [0.5, 0.6) is 5.75 Å². The van der Waals surface area contributed by atoms with Crippen molar-refractivity contribution in [2.75, 3.05) is 111 Å². The first-order valence-corrected chi connectivity index (χ1v) is 43.9. The van der Waals surface area contributed by atoms with E-state index in [1.807, 2.05) is 120 Å². The van der Waals surface area contributed by atoms with Gasteiger partial charge in [-0.15, -0.1) is 0 Å². The van der Waals surface area contributed by atoms with Crippen LogP contribution in [-0.2, 0) is 32.3 Å². The smallest absolute Gasteiger partial charge is 0.223 e. The molecule has 4 N–H and O–H groups in total. The third-order valence-corrected chi connectivity index (χ3v) is 25.4. The SMILES string of the molecule is C=S(C)(=O)N1CCN(c2ncnc3c(F)c(-c4c(O)cccc4F)c(Cl)cc23)CC1.CCC(=O)N1CCN(c2ncnc3c(F)c(-c4c(C)ccc5[nH]ncc45)c(Cl)cc23)CC1.CCCC(=O)N1CCN(c2ncnc3cc(Cl)c(-c4ccc(Cl)cc4)cc23)CC1C#N.O=C(CO)c1n[nH]c2c1CN(c1ncnc3cc(Cl)c(-c4ccc(Cl)cc4)cc13)CC2. The highest BCUT2D eigenvalue weighted by atomic mass is 35.5. The minimum atomic E-state index is -2.30. The van der Waals surface area contributed by atoms with Gasteiger partial charge in [0.25, 0.3) is 0 Å². The maximum absolute atomic E-state index is 15.9. The van der Waals surface area contributed by atoms with Crippen LogP contribution in [0, 0.1) is 35.7 Å². The van der Waals surface area contributed by atoms with E-state index >= 15 is 8.78 Å². The van der Waals surface area contributed by atoms with Crippen LogP contribution < -0.4 is 19.6 Å². The van der Waals surface area contributed by atoms with E-state index in [-0.39, 0.29) is 44.7 Å². The van der Waals surface area contributed by atoms with Crippen LogP contribution in [-0.4, -0.2) is 210 Å². The summed E-state index contributed by atoms with van der Waals surface area (Å²) < 4.78 is 59.6. The number of Topliss-reactive ketones (excluding diaryl/α,β-unsaturated/α-hetero) is 1. The number of piperazine rings is 3. The Morgan fingerprint density at radius 1 is 0.581 bits per heavy atom. The fourth-order valence-corrected chi connectivity index (χ4v) is 18.2. The first-order chi connectivity index (χ1) is 59.7. The van der Waals surface area contributed by atoms with Crippen molar-refractivity contribution in [1.29, 1.82) is 5.26 Å². The molecule has 0 spiro atoms. The highest BCUT2D eigenvalue weighted by Crippen LogP contribution is 2.46. The van der Waals surface area contributed by atoms with E-state index in [2.05, 4.69) is 82.0 Å². The summed E-state index contributed by atoms with van der Waals surface area (Å²) in [6.45, 7) is 12.3. The number of halogens is 9. The number of hydrogen-bond donors (Lipinski definition) is 4. The molecule has 4 aliphatic rings. The van der Waals surface area contributed by atoms with Gasteiger partial charge in [-0.05, 0) is 115 Å². The third kappa shape index (κ3) is 17.9. The third-order valence-electron chi connectivity index (χ3n) is 22.2. The van der Waals surface area contributed by atoms with Crippen LogP contribution in [0.15, 0.2) is 147 Å². The van der Waals surface area contributed by atoms with E-state index in [0.29, 0.717) is 163 Å². The Morgan fingerprint density at radius 2 is 1.10 bits per heavy atom. The number of benzene rings is 8. The number of H-pyrrole nitrogens is 2. The van der Waals surface area contributed by atoms with E-state index in [1.165, 1.54) is 43.5 Å². The molecule has 124 heavy (non-hydrogen) atoms. The van der Waals surface area contributed by atoms with Gasteiger partial charge in [0.05, 0.1) is 61.0 Å². The quantitative estimate of drug-likeness (QED) is 0.0580. The van der Waals surface area contributed by atoms with Crippen molar-refractivity contribution in [3.8, 4) is 56.3 Å². The van der Waals surface area contributed by atoms with Crippen LogP contribution in [0.25, 0.3) is 99.0 Å². The number of phenols is 1. The number of carbonyl (C=O) groups excluding carboxylic acids is 3. The molecule has 0 radical (unpaired) electrons. The maximum atomic E-state index is 15.9. The number of hydrogen-bond acceptors (Lipinski definition) is 21. The number of nitrogens with zero attached hydrogens (tertiary/aromatic N) is 18. The van der Waals surface area contributed by atoms with Gasteiger partial charge in [-0.1, -0.05) is 120 Å². The Hall–Kier alpha value is -11.6. The van der Waals surface area contributed by atoms with Crippen molar-refractivity contribution in [3.05, 3.63) is 217 Å². The first kappa shape index (κ1) is 87.3. The fraction of sp³-hybridized carbons (Fsp3) is 0.261. The molecular weight excluding hydrogens is 1730 g/mol. The van der Waals surface area contributed by atoms with Gasteiger partial charge in [0.2, 0.25) is 17.6 Å². The van der Waals surface area contributed by atoms with E-state index in [1.54, 1.807) is 27.7 Å². The van der Waals surface area contributed by atoms with Gasteiger partial charge >= 0.3 is 0 Å². The van der Waals surface area contributed by atoms with Crippen LogP contribution in [0.2, 0.25) is 30.1 Å². The molecule has 2 amide bonds. The molecule has 3 fully saturated rings. The van der Waals surface area contributed by atoms with Gasteiger partial charge in [0.1, 0.15) is 89.5 Å². The van der Waals surface area contributed by atoms with E-state index in [4.69, 9.17) is 69.6 Å². The lowest BCUT2D eigenvalue weighted by molar-refractivity contribution is -0.133. The van der Waals surface area contributed by atoms with Crippen LogP contribution in [0.1, 0.15) is 60.4 Å². The maximum Gasteiger partial charge on any atom is 0.223 e. The molecule has 14 aromatic rings. The Labute approximate surface area is 740 Å². The Kier molecular flexibility index (Phi) is 26.3. The number of nitrogens with one attached hydrogen (secondary N) is 2. The molecule has 2 atom stereocenters. The van der Waals surface area contributed by atoms with Crippen molar-refractivity contribution in [2.45, 2.75) is 59.0 Å². The predicted octanol–water partition coefficient (Wildman–Crippen LogP) is 16.7. The predicted molar refractivity (Wildman–Crippen MR) is 483 cm³/mol. The average molecular weight is 1810 g/mol. The van der Waals surface area contributed by atoms with Gasteiger partial charge < -0.3 is 39.6 Å². The fourth-order valence-electron chi connectivity index (χ4n) is 15.9. The van der Waals surface area contributed by atoms with E-state index in [0.717, 1.165) is 95.9 Å². The summed E-state index contributed by atoms with van der Waals surface area (Å²) in [6.07, 6.45) is 11.3. The molecule has 26 nitrogen and oxygen atoms in total. The molecule has 0 saturated carbocycles. The van der Waals surface area contributed by atoms with Gasteiger partial charge in [0, 0.05) is 190 Å². The molecule has 8 aromatic carbocycles. The Bertz CT molecular complexity index is 6620. The zero-order valence-corrected chi connectivity index (χ0v) is 72.6. The Morgan fingerprint density at radius 3 is 1.63 bits per heavy atom. The Balaban J connectivity index is 0.000000128. The summed E-state index contributed by atoms with van der Waals surface area (Å²) >= 11 is 38.2. The lowest BCUT2D eigenvalue weighted by Crippen LogP contribution is -2.55. The van der Waals surface area contributed by atoms with Crippen molar-refractivity contribution < 1.29 is 42.0 Å². The van der Waals surface area contributed by atoms with Crippen LogP contribution in [0.4, 0.5) is 36.4 Å². The monoisotopic (exact) mass is 1810 g/mol. The molecular formula is C88H79Cl6F3N20O6S. The summed E-state index contributed by atoms with van der Waals surface area (Å²) in [7, 11) is -2.30. The van der Waals surface area contributed by atoms with E-state index < -0.39 is 51.3 Å². The number of amides is 2. The van der Waals surface area contributed by atoms with Crippen molar-refractivity contribution in [2.24, 2.45) is 0 Å². The number of phenolic OH excluding ortho intramolecular Hbond substituents is 1. The summed E-state index contributed by atoms with van der Waals surface area (Å²) in [6, 6.07) is 35.1. The molecule has 3 saturated heterocycles. The largest absolute Gasteiger partial charge is 0.507 e. The summed E-state index contributed by atoms with van der Waals surface area (Å²) in [5.41, 5.74) is 9.40. The standard InChI is InChI=1S/C23H21Cl2N5O.C23H22ClFN6O.C22H17Cl2N5O2.C20H19ClF2N4O2S/c1-2-3-22(31)30-9-8-29(13-17(30)12-26)23-19-10-18(15-4-6-16(24)7-5-15)20(25)11-21(19)27-14-28-23;1-3-18(32)30-6-8-31(9-7-30)23-14-10-16(24)20(21(25)22(14)26-12-27-23)19-13(2)4-5-17-15(19)11-28-29-17;23-13-3-1-12(2-4-13)14-7-15-19(8-17(14)24)25-11-26-22(15)29-6-5-18-16(9-29)21(28-27-18)20(31)10-30;1-30(2,29)27-8-6-26(7-9-27)20-12-10-13(21)16(18(23)19(12)24-11-25-20)17-14(22)4-3-5-15(17)28/h4-7,10-11,14,17H,2-3,8-9,13H2,1H3;4-5,10-12H,3,6-9H2,1-2H3,(H,28,29);1-4,7-8,11,30H,5-6,9-10H2,(H,27,28);3-5,10-11,28H,1,6-9H2,2H3. The van der Waals surface area contributed by atoms with Gasteiger partial charge in [0.15, 0.2) is 11.6 Å². The molecule has 18 rings (SSSR count). The van der Waals surface area contributed by atoms with Gasteiger partial charge in [-0.3, -0.25) is 28.8 Å². The number of aliphatic hydroxyl groups is 1. The second-order valence-electron chi connectivity index (χ2n) is 29.9. The number of anilines is 4. The minimum Gasteiger partial charge on any atom is -0.507 e. The molecule has 36 heteroatoms. The molecule has 636 valence electrons. The van der Waals surface area contributed by atoms with Crippen LogP contribution in [0.3, 0.4) is 0 Å². The van der Waals surface area contributed by atoms with Crippen molar-refractivity contribution in [1.82, 2.24) is 74.4 Å². The zero-order chi connectivity index (χ0) is 87.5. The van der Waals surface area contributed by atoms with Gasteiger partial charge in [-0.2, -0.15) is 15.5 Å². The number of aryl methyl sites for hydroxylation is 1. The number of aromatic nitrogens is 12. The van der Waals surface area contributed by atoms with Crippen LogP contribution >= 0.6 is 69.6 Å². The van der Waals surface area contributed by atoms with Crippen molar-refractivity contribution in [3.63, 3.8) is 0 Å². The first-order valence-electron chi connectivity index (χ1n) is 39.5. The van der Waals surface area contributed by atoms with Crippen molar-refractivity contribution >= 4 is 181 Å². The zero-order valence-electron chi connectivity index (χ0n) is 67.3. The molecule has 10 heterocycles. The molecule has 0 bridgehead atoms. The summed E-state index contributed by atoms with van der Waals surface area (Å²) in [5, 5.41) is 49.2. The lowest BCUT2D eigenvalue weighted by Gasteiger charge is -2.39. The highest BCUT2D eigenvalue weighted by molar-refractivity contribution is 7.97. The van der Waals surface area contributed by atoms with E-state index in [9.17, 15) is 38.5 Å². The minimum absolute atomic E-state index is 0.0260. The highest BCUT2D eigenvalue weighted by Gasteiger charge is 2.34. The number of carbonyl (C=O) groups is 3. The molecule has 2 unspecified atom stereocenters. The molecule has 4 aliphatic heterocycles.